The van der Waals surface area contributed by atoms with Gasteiger partial charge >= 0.3 is 0 Å². The lowest BCUT2D eigenvalue weighted by atomic mass is 10.1. The van der Waals surface area contributed by atoms with Crippen molar-refractivity contribution >= 4 is 23.4 Å². The van der Waals surface area contributed by atoms with Gasteiger partial charge in [-0.05, 0) is 60.5 Å². The van der Waals surface area contributed by atoms with Gasteiger partial charge in [0.2, 0.25) is 0 Å². The summed E-state index contributed by atoms with van der Waals surface area (Å²) in [7, 11) is 3.89. The second kappa shape index (κ2) is 11.4. The third kappa shape index (κ3) is 6.62. The Morgan fingerprint density at radius 2 is 1.73 bits per heavy atom. The second-order valence-corrected chi connectivity index (χ2v) is 7.48. The van der Waals surface area contributed by atoms with Crippen molar-refractivity contribution in [3.05, 3.63) is 89.5 Å². The average Bonchev–Trinajstić information content (AvgIpc) is 2.83. The largest absolute Gasteiger partial charge is 0.490 e. The Morgan fingerprint density at radius 3 is 2.36 bits per heavy atom. The van der Waals surface area contributed by atoms with Crippen LogP contribution in [0.1, 0.15) is 18.1 Å². The van der Waals surface area contributed by atoms with E-state index in [1.54, 1.807) is 30.3 Å². The number of hydrogen-bond donors (Lipinski definition) is 1. The van der Waals surface area contributed by atoms with Gasteiger partial charge in [0, 0.05) is 25.5 Å². The van der Waals surface area contributed by atoms with Crippen molar-refractivity contribution in [2.75, 3.05) is 30.9 Å². The fourth-order valence-corrected chi connectivity index (χ4v) is 3.09. The molecule has 0 saturated carbocycles. The Labute approximate surface area is 194 Å². The summed E-state index contributed by atoms with van der Waals surface area (Å²) < 4.78 is 11.6. The Hall–Kier alpha value is -4.24. The van der Waals surface area contributed by atoms with Crippen LogP contribution in [-0.4, -0.2) is 26.6 Å². The zero-order chi connectivity index (χ0) is 23.6. The summed E-state index contributed by atoms with van der Waals surface area (Å²) in [5.41, 5.74) is 3.34. The minimum absolute atomic E-state index is 0.00733. The van der Waals surface area contributed by atoms with Crippen LogP contribution in [0, 0.1) is 11.3 Å². The number of amides is 1. The maximum Gasteiger partial charge on any atom is 0.266 e. The first kappa shape index (κ1) is 23.4. The van der Waals surface area contributed by atoms with Crippen molar-refractivity contribution in [2.24, 2.45) is 0 Å². The van der Waals surface area contributed by atoms with Gasteiger partial charge in [-0.2, -0.15) is 5.26 Å². The van der Waals surface area contributed by atoms with E-state index in [2.05, 4.69) is 5.32 Å². The maximum absolute atomic E-state index is 12.6. The SMILES string of the molecule is CCOc1cc(/C=C(/C#N)C(=O)Nc2ccc(N(C)C)cc2)ccc1OCc1ccccc1. The molecule has 0 radical (unpaired) electrons. The Bertz CT molecular complexity index is 1150. The van der Waals surface area contributed by atoms with Gasteiger partial charge in [0.15, 0.2) is 11.5 Å². The standard InChI is InChI=1S/C27H27N3O3/c1-4-32-26-17-21(10-15-25(26)33-19-20-8-6-5-7-9-20)16-22(18-28)27(31)29-23-11-13-24(14-12-23)30(2)3/h5-17H,4,19H2,1-3H3,(H,29,31)/b22-16-. The van der Waals surface area contributed by atoms with Gasteiger partial charge in [0.25, 0.3) is 5.91 Å². The smallest absolute Gasteiger partial charge is 0.266 e. The van der Waals surface area contributed by atoms with Crippen LogP contribution >= 0.6 is 0 Å². The summed E-state index contributed by atoms with van der Waals surface area (Å²) in [4.78, 5) is 14.6. The molecule has 168 valence electrons. The minimum Gasteiger partial charge on any atom is -0.490 e. The van der Waals surface area contributed by atoms with Crippen molar-refractivity contribution in [1.82, 2.24) is 0 Å². The van der Waals surface area contributed by atoms with E-state index in [1.807, 2.05) is 74.5 Å². The number of ether oxygens (including phenoxy) is 2. The predicted molar refractivity (Wildman–Crippen MR) is 131 cm³/mol. The van der Waals surface area contributed by atoms with Gasteiger partial charge in [-0.3, -0.25) is 4.79 Å². The lowest BCUT2D eigenvalue weighted by Crippen LogP contribution is -2.14. The molecule has 3 rings (SSSR count). The van der Waals surface area contributed by atoms with Crippen LogP contribution in [0.5, 0.6) is 11.5 Å². The van der Waals surface area contributed by atoms with E-state index in [-0.39, 0.29) is 5.57 Å². The van der Waals surface area contributed by atoms with Gasteiger partial charge < -0.3 is 19.7 Å². The van der Waals surface area contributed by atoms with Crippen LogP contribution in [0.2, 0.25) is 0 Å². The highest BCUT2D eigenvalue weighted by molar-refractivity contribution is 6.09. The molecule has 3 aromatic rings. The molecule has 0 heterocycles. The molecule has 1 amide bonds. The Morgan fingerprint density at radius 1 is 1.00 bits per heavy atom. The maximum atomic E-state index is 12.6. The number of nitriles is 1. The third-order valence-corrected chi connectivity index (χ3v) is 4.82. The molecular formula is C27H27N3O3. The first-order chi connectivity index (χ1) is 16.0. The number of benzene rings is 3. The molecule has 0 saturated heterocycles. The van der Waals surface area contributed by atoms with Crippen molar-refractivity contribution in [1.29, 1.82) is 5.26 Å². The van der Waals surface area contributed by atoms with Gasteiger partial charge in [-0.15, -0.1) is 0 Å². The highest BCUT2D eigenvalue weighted by Gasteiger charge is 2.12. The van der Waals surface area contributed by atoms with Crippen LogP contribution in [-0.2, 0) is 11.4 Å². The normalized spacial score (nSPS) is 10.8. The van der Waals surface area contributed by atoms with Crippen molar-refractivity contribution in [2.45, 2.75) is 13.5 Å². The summed E-state index contributed by atoms with van der Waals surface area (Å²) in [5, 5.41) is 12.3. The number of carbonyl (C=O) groups is 1. The molecule has 6 nitrogen and oxygen atoms in total. The van der Waals surface area contributed by atoms with Crippen molar-refractivity contribution in [3.8, 4) is 17.6 Å². The van der Waals surface area contributed by atoms with Crippen LogP contribution in [0.15, 0.2) is 78.4 Å². The Balaban J connectivity index is 1.75. The monoisotopic (exact) mass is 441 g/mol. The zero-order valence-electron chi connectivity index (χ0n) is 19.0. The topological polar surface area (TPSA) is 74.6 Å². The molecule has 1 N–H and O–H groups in total. The molecule has 3 aromatic carbocycles. The average molecular weight is 442 g/mol. The first-order valence-electron chi connectivity index (χ1n) is 10.6. The quantitative estimate of drug-likeness (QED) is 0.361. The van der Waals surface area contributed by atoms with Crippen LogP contribution < -0.4 is 19.7 Å². The number of nitrogens with one attached hydrogen (secondary N) is 1. The molecule has 0 atom stereocenters. The van der Waals surface area contributed by atoms with Crippen LogP contribution in [0.4, 0.5) is 11.4 Å². The Kier molecular flexibility index (Phi) is 8.09. The number of anilines is 2. The van der Waals surface area contributed by atoms with Gasteiger partial charge in [-0.25, -0.2) is 0 Å². The molecule has 0 fully saturated rings. The summed E-state index contributed by atoms with van der Waals surface area (Å²) in [5.74, 6) is 0.679. The van der Waals surface area contributed by atoms with E-state index in [9.17, 15) is 10.1 Å². The molecule has 33 heavy (non-hydrogen) atoms. The zero-order valence-corrected chi connectivity index (χ0v) is 19.0. The lowest BCUT2D eigenvalue weighted by molar-refractivity contribution is -0.112. The number of carbonyl (C=O) groups excluding carboxylic acids is 1. The van der Waals surface area contributed by atoms with Gasteiger partial charge in [-0.1, -0.05) is 36.4 Å². The summed E-state index contributed by atoms with van der Waals surface area (Å²) >= 11 is 0. The van der Waals surface area contributed by atoms with Crippen molar-refractivity contribution in [3.63, 3.8) is 0 Å². The lowest BCUT2D eigenvalue weighted by Gasteiger charge is -2.13. The van der Waals surface area contributed by atoms with E-state index in [0.717, 1.165) is 11.3 Å². The van der Waals surface area contributed by atoms with Crippen LogP contribution in [0.25, 0.3) is 6.08 Å². The van der Waals surface area contributed by atoms with Crippen LogP contribution in [0.3, 0.4) is 0 Å². The molecule has 0 unspecified atom stereocenters. The fourth-order valence-electron chi connectivity index (χ4n) is 3.09. The van der Waals surface area contributed by atoms with E-state index >= 15 is 0 Å². The highest BCUT2D eigenvalue weighted by atomic mass is 16.5. The number of rotatable bonds is 9. The van der Waals surface area contributed by atoms with E-state index < -0.39 is 5.91 Å². The molecule has 0 aliphatic heterocycles. The molecular weight excluding hydrogens is 414 g/mol. The second-order valence-electron chi connectivity index (χ2n) is 7.48. The predicted octanol–water partition coefficient (Wildman–Crippen LogP) is 5.28. The van der Waals surface area contributed by atoms with Gasteiger partial charge in [0.1, 0.15) is 18.2 Å². The third-order valence-electron chi connectivity index (χ3n) is 4.82. The molecule has 6 heteroatoms. The summed E-state index contributed by atoms with van der Waals surface area (Å²) in [6, 6.07) is 24.6. The highest BCUT2D eigenvalue weighted by Crippen LogP contribution is 2.30. The van der Waals surface area contributed by atoms with Crippen molar-refractivity contribution < 1.29 is 14.3 Å². The molecule has 0 bridgehead atoms. The summed E-state index contributed by atoms with van der Waals surface area (Å²) in [6.45, 7) is 2.76. The minimum atomic E-state index is -0.475. The first-order valence-corrected chi connectivity index (χ1v) is 10.6. The molecule has 0 spiro atoms. The van der Waals surface area contributed by atoms with E-state index in [4.69, 9.17) is 9.47 Å². The summed E-state index contributed by atoms with van der Waals surface area (Å²) in [6.07, 6.45) is 1.53. The fraction of sp³-hybridized carbons (Fsp3) is 0.185. The number of hydrogen-bond acceptors (Lipinski definition) is 5. The van der Waals surface area contributed by atoms with Gasteiger partial charge in [0.05, 0.1) is 6.61 Å². The molecule has 0 aromatic heterocycles. The number of nitrogens with zero attached hydrogens (tertiary/aromatic N) is 2. The van der Waals surface area contributed by atoms with E-state index in [1.165, 1.54) is 6.08 Å². The molecule has 0 aliphatic rings. The molecule has 0 aliphatic carbocycles. The van der Waals surface area contributed by atoms with E-state index in [0.29, 0.717) is 36.0 Å².